The summed E-state index contributed by atoms with van der Waals surface area (Å²) in [5.41, 5.74) is 7.20. The Balaban J connectivity index is 2.68. The zero-order chi connectivity index (χ0) is 13.5. The molecule has 1 atom stereocenters. The highest BCUT2D eigenvalue weighted by Crippen LogP contribution is 2.19. The normalized spacial score (nSPS) is 11.7. The second kappa shape index (κ2) is 6.61. The van der Waals surface area contributed by atoms with Crippen LogP contribution in [-0.2, 0) is 9.53 Å². The number of carbonyl (C=O) groups excluding carboxylic acids is 1. The molecule has 0 aromatic heterocycles. The Bertz CT molecular complexity index is 434. The third-order valence-corrected chi connectivity index (χ3v) is 2.42. The predicted molar refractivity (Wildman–Crippen MR) is 66.3 cm³/mol. The molecule has 18 heavy (non-hydrogen) atoms. The highest BCUT2D eigenvalue weighted by atomic mass is 16.5. The van der Waals surface area contributed by atoms with Crippen LogP contribution in [0, 0.1) is 0 Å². The predicted octanol–water partition coefficient (Wildman–Crippen LogP) is 1.73. The molecule has 98 valence electrons. The smallest absolute Gasteiger partial charge is 0.411 e. The molecule has 0 bridgehead atoms. The van der Waals surface area contributed by atoms with Crippen LogP contribution in [0.5, 0.6) is 0 Å². The van der Waals surface area contributed by atoms with Gasteiger partial charge in [0.1, 0.15) is 0 Å². The molecule has 1 rings (SSSR count). The largest absolute Gasteiger partial charge is 0.481 e. The number of amides is 1. The Morgan fingerprint density at radius 2 is 2.22 bits per heavy atom. The van der Waals surface area contributed by atoms with Crippen LogP contribution in [0.2, 0.25) is 0 Å². The molecule has 0 aliphatic heterocycles. The van der Waals surface area contributed by atoms with E-state index in [9.17, 15) is 9.59 Å². The first-order valence-corrected chi connectivity index (χ1v) is 5.45. The van der Waals surface area contributed by atoms with Crippen molar-refractivity contribution in [2.24, 2.45) is 5.73 Å². The van der Waals surface area contributed by atoms with Gasteiger partial charge < -0.3 is 15.6 Å². The summed E-state index contributed by atoms with van der Waals surface area (Å²) in [6, 6.07) is 6.55. The summed E-state index contributed by atoms with van der Waals surface area (Å²) in [7, 11) is 1.28. The van der Waals surface area contributed by atoms with Crippen molar-refractivity contribution in [1.82, 2.24) is 0 Å². The van der Waals surface area contributed by atoms with Crippen LogP contribution in [0.15, 0.2) is 24.3 Å². The third-order valence-electron chi connectivity index (χ3n) is 2.42. The number of nitrogens with one attached hydrogen (secondary N) is 1. The lowest BCUT2D eigenvalue weighted by molar-refractivity contribution is -0.137. The highest BCUT2D eigenvalue weighted by molar-refractivity contribution is 5.84. The number of carbonyl (C=O) groups is 2. The van der Waals surface area contributed by atoms with E-state index < -0.39 is 12.1 Å². The molecule has 0 heterocycles. The van der Waals surface area contributed by atoms with Crippen molar-refractivity contribution in [3.05, 3.63) is 29.8 Å². The Morgan fingerprint density at radius 1 is 1.50 bits per heavy atom. The van der Waals surface area contributed by atoms with Crippen LogP contribution in [0.4, 0.5) is 10.5 Å². The summed E-state index contributed by atoms with van der Waals surface area (Å²) in [5.74, 6) is -0.880. The number of rotatable bonds is 5. The van der Waals surface area contributed by atoms with Gasteiger partial charge in [0.05, 0.1) is 7.11 Å². The number of hydrogen-bond acceptors (Lipinski definition) is 4. The summed E-state index contributed by atoms with van der Waals surface area (Å²) in [6.45, 7) is 0. The van der Waals surface area contributed by atoms with Gasteiger partial charge in [0.15, 0.2) is 0 Å². The lowest BCUT2D eigenvalue weighted by Gasteiger charge is -2.12. The molecule has 0 saturated carbocycles. The molecule has 6 nitrogen and oxygen atoms in total. The van der Waals surface area contributed by atoms with Crippen LogP contribution in [0.1, 0.15) is 24.4 Å². The van der Waals surface area contributed by atoms with E-state index in [1.165, 1.54) is 7.11 Å². The van der Waals surface area contributed by atoms with E-state index >= 15 is 0 Å². The molecule has 0 aliphatic carbocycles. The minimum Gasteiger partial charge on any atom is -0.481 e. The van der Waals surface area contributed by atoms with E-state index in [0.29, 0.717) is 12.1 Å². The van der Waals surface area contributed by atoms with E-state index in [0.717, 1.165) is 5.56 Å². The van der Waals surface area contributed by atoms with E-state index in [4.69, 9.17) is 10.8 Å². The second-order valence-electron chi connectivity index (χ2n) is 3.78. The van der Waals surface area contributed by atoms with Crippen LogP contribution < -0.4 is 11.1 Å². The van der Waals surface area contributed by atoms with Crippen molar-refractivity contribution >= 4 is 17.7 Å². The molecular formula is C12H16N2O4. The number of anilines is 1. The molecule has 0 aliphatic rings. The van der Waals surface area contributed by atoms with Crippen LogP contribution in [0.3, 0.4) is 0 Å². The van der Waals surface area contributed by atoms with Crippen LogP contribution >= 0.6 is 0 Å². The molecule has 0 spiro atoms. The maximum absolute atomic E-state index is 11.0. The van der Waals surface area contributed by atoms with E-state index in [2.05, 4.69) is 10.1 Å². The Labute approximate surface area is 105 Å². The number of carboxylic acids is 1. The third kappa shape index (κ3) is 4.42. The molecular weight excluding hydrogens is 236 g/mol. The monoisotopic (exact) mass is 252 g/mol. The van der Waals surface area contributed by atoms with Gasteiger partial charge in [0, 0.05) is 18.2 Å². The minimum atomic E-state index is -0.880. The molecule has 6 heteroatoms. The molecule has 0 saturated heterocycles. The molecule has 4 N–H and O–H groups in total. The van der Waals surface area contributed by atoms with Gasteiger partial charge in [0.2, 0.25) is 0 Å². The van der Waals surface area contributed by atoms with Gasteiger partial charge in [0.25, 0.3) is 0 Å². The molecule has 0 radical (unpaired) electrons. The maximum Gasteiger partial charge on any atom is 0.411 e. The number of nitrogens with two attached hydrogens (primary N) is 1. The number of methoxy groups -OCH3 is 1. The SMILES string of the molecule is COC(=O)Nc1cccc(C(N)CCC(=O)O)c1. The van der Waals surface area contributed by atoms with Gasteiger partial charge in [-0.1, -0.05) is 12.1 Å². The first-order chi connectivity index (χ1) is 8.52. The fraction of sp³-hybridized carbons (Fsp3) is 0.333. The van der Waals surface area contributed by atoms with E-state index in [1.54, 1.807) is 24.3 Å². The zero-order valence-corrected chi connectivity index (χ0v) is 10.1. The summed E-state index contributed by atoms with van der Waals surface area (Å²) in [6.07, 6.45) is -0.210. The summed E-state index contributed by atoms with van der Waals surface area (Å²) < 4.78 is 4.47. The standard InChI is InChI=1S/C12H16N2O4/c1-18-12(17)14-9-4-2-3-8(7-9)10(13)5-6-11(15)16/h2-4,7,10H,5-6,13H2,1H3,(H,14,17)(H,15,16). The quantitative estimate of drug-likeness (QED) is 0.740. The number of carboxylic acid groups (broad SMARTS) is 1. The molecule has 0 fully saturated rings. The van der Waals surface area contributed by atoms with Crippen molar-refractivity contribution in [3.8, 4) is 0 Å². The zero-order valence-electron chi connectivity index (χ0n) is 10.1. The first-order valence-electron chi connectivity index (χ1n) is 5.45. The molecule has 1 aromatic carbocycles. The van der Waals surface area contributed by atoms with Gasteiger partial charge in [-0.15, -0.1) is 0 Å². The van der Waals surface area contributed by atoms with Crippen molar-refractivity contribution < 1.29 is 19.4 Å². The topological polar surface area (TPSA) is 102 Å². The Morgan fingerprint density at radius 3 is 2.83 bits per heavy atom. The maximum atomic E-state index is 11.0. The average Bonchev–Trinajstić information content (AvgIpc) is 2.36. The van der Waals surface area contributed by atoms with Gasteiger partial charge >= 0.3 is 12.1 Å². The van der Waals surface area contributed by atoms with E-state index in [-0.39, 0.29) is 12.5 Å². The molecule has 1 unspecified atom stereocenters. The highest BCUT2D eigenvalue weighted by Gasteiger charge is 2.09. The Hall–Kier alpha value is -2.08. The van der Waals surface area contributed by atoms with Gasteiger partial charge in [-0.25, -0.2) is 4.79 Å². The van der Waals surface area contributed by atoms with Gasteiger partial charge in [-0.05, 0) is 24.1 Å². The molecule has 1 aromatic rings. The van der Waals surface area contributed by atoms with Crippen molar-refractivity contribution in [3.63, 3.8) is 0 Å². The minimum absolute atomic E-state index is 0.00975. The number of aliphatic carboxylic acids is 1. The number of hydrogen-bond donors (Lipinski definition) is 3. The van der Waals surface area contributed by atoms with Crippen molar-refractivity contribution in [2.45, 2.75) is 18.9 Å². The summed E-state index contributed by atoms with van der Waals surface area (Å²) in [5, 5.41) is 11.1. The van der Waals surface area contributed by atoms with E-state index in [1.807, 2.05) is 0 Å². The van der Waals surface area contributed by atoms with Crippen molar-refractivity contribution in [2.75, 3.05) is 12.4 Å². The van der Waals surface area contributed by atoms with Gasteiger partial charge in [-0.2, -0.15) is 0 Å². The Kier molecular flexibility index (Phi) is 5.13. The van der Waals surface area contributed by atoms with Crippen LogP contribution in [-0.4, -0.2) is 24.3 Å². The summed E-state index contributed by atoms with van der Waals surface area (Å²) >= 11 is 0. The summed E-state index contributed by atoms with van der Waals surface area (Å²) in [4.78, 5) is 21.5. The molecule has 1 amide bonds. The number of benzene rings is 1. The number of ether oxygens (including phenoxy) is 1. The van der Waals surface area contributed by atoms with Gasteiger partial charge in [-0.3, -0.25) is 10.1 Å². The van der Waals surface area contributed by atoms with Crippen molar-refractivity contribution in [1.29, 1.82) is 0 Å². The lowest BCUT2D eigenvalue weighted by Crippen LogP contribution is -2.14. The lowest BCUT2D eigenvalue weighted by atomic mass is 10.0. The average molecular weight is 252 g/mol. The fourth-order valence-corrected chi connectivity index (χ4v) is 1.46. The first kappa shape index (κ1) is 14.0. The van der Waals surface area contributed by atoms with Crippen LogP contribution in [0.25, 0.3) is 0 Å². The second-order valence-corrected chi connectivity index (χ2v) is 3.78. The fourth-order valence-electron chi connectivity index (χ4n) is 1.46.